The van der Waals surface area contributed by atoms with Crippen LogP contribution >= 0.6 is 0 Å². The fourth-order valence-electron chi connectivity index (χ4n) is 2.73. The molecule has 0 aliphatic carbocycles. The molecule has 5 heteroatoms. The number of carboxylic acid groups (broad SMARTS) is 1. The fourth-order valence-corrected chi connectivity index (χ4v) is 2.73. The number of rotatable bonds is 11. The number of aliphatic carboxylic acids is 1. The predicted molar refractivity (Wildman–Crippen MR) is 89.0 cm³/mol. The minimum absolute atomic E-state index is 0.0559. The average molecular weight is 314 g/mol. The van der Waals surface area contributed by atoms with Crippen molar-refractivity contribution in [3.63, 3.8) is 0 Å². The molecule has 3 unspecified atom stereocenters. The molecule has 130 valence electrons. The van der Waals surface area contributed by atoms with Gasteiger partial charge in [-0.05, 0) is 30.1 Å². The van der Waals surface area contributed by atoms with E-state index in [2.05, 4.69) is 34.6 Å². The van der Waals surface area contributed by atoms with Gasteiger partial charge in [0, 0.05) is 13.0 Å². The lowest BCUT2D eigenvalue weighted by Gasteiger charge is -2.31. The Labute approximate surface area is 135 Å². The Morgan fingerprint density at radius 3 is 2.18 bits per heavy atom. The molecule has 0 radical (unpaired) electrons. The number of nitrogens with two attached hydrogens (primary N) is 1. The van der Waals surface area contributed by atoms with Crippen LogP contribution < -0.4 is 5.84 Å². The molecule has 22 heavy (non-hydrogen) atoms. The minimum Gasteiger partial charge on any atom is -0.481 e. The summed E-state index contributed by atoms with van der Waals surface area (Å²) in [5.41, 5.74) is 0. The third kappa shape index (κ3) is 8.37. The van der Waals surface area contributed by atoms with Gasteiger partial charge in [0.15, 0.2) is 0 Å². The number of amides is 1. The van der Waals surface area contributed by atoms with Crippen LogP contribution in [0.3, 0.4) is 0 Å². The molecule has 0 heterocycles. The van der Waals surface area contributed by atoms with Gasteiger partial charge in [-0.25, -0.2) is 5.84 Å². The van der Waals surface area contributed by atoms with Crippen molar-refractivity contribution in [3.8, 4) is 0 Å². The highest BCUT2D eigenvalue weighted by molar-refractivity contribution is 5.75. The van der Waals surface area contributed by atoms with Crippen LogP contribution in [0.2, 0.25) is 0 Å². The van der Waals surface area contributed by atoms with Gasteiger partial charge in [0.1, 0.15) is 0 Å². The van der Waals surface area contributed by atoms with Crippen LogP contribution in [0, 0.1) is 23.7 Å². The molecule has 0 aliphatic rings. The Kier molecular flexibility index (Phi) is 10.1. The van der Waals surface area contributed by atoms with E-state index < -0.39 is 5.97 Å². The first kappa shape index (κ1) is 20.9. The topological polar surface area (TPSA) is 83.6 Å². The van der Waals surface area contributed by atoms with E-state index in [4.69, 9.17) is 10.9 Å². The summed E-state index contributed by atoms with van der Waals surface area (Å²) in [7, 11) is 0. The van der Waals surface area contributed by atoms with Crippen molar-refractivity contribution >= 4 is 11.9 Å². The number of nitrogens with zero attached hydrogens (tertiary/aromatic N) is 1. The number of carboxylic acids is 1. The molecule has 0 spiro atoms. The maximum atomic E-state index is 12.0. The van der Waals surface area contributed by atoms with Gasteiger partial charge >= 0.3 is 5.97 Å². The van der Waals surface area contributed by atoms with E-state index in [1.807, 2.05) is 0 Å². The maximum Gasteiger partial charge on any atom is 0.303 e. The molecule has 3 atom stereocenters. The van der Waals surface area contributed by atoms with Crippen molar-refractivity contribution in [1.29, 1.82) is 0 Å². The van der Waals surface area contributed by atoms with E-state index in [1.54, 1.807) is 0 Å². The van der Waals surface area contributed by atoms with Crippen molar-refractivity contribution in [3.05, 3.63) is 0 Å². The van der Waals surface area contributed by atoms with Gasteiger partial charge in [-0.15, -0.1) is 0 Å². The fraction of sp³-hybridized carbons (Fsp3) is 0.882. The Hall–Kier alpha value is -1.10. The van der Waals surface area contributed by atoms with Gasteiger partial charge in [0.2, 0.25) is 5.91 Å². The Morgan fingerprint density at radius 2 is 1.73 bits per heavy atom. The normalized spacial score (nSPS) is 15.4. The number of carbonyl (C=O) groups excluding carboxylic acids is 1. The molecule has 5 nitrogen and oxygen atoms in total. The highest BCUT2D eigenvalue weighted by Crippen LogP contribution is 2.27. The first-order valence-corrected chi connectivity index (χ1v) is 8.45. The molecular formula is C17H34N2O3. The van der Waals surface area contributed by atoms with E-state index in [-0.39, 0.29) is 24.2 Å². The zero-order valence-corrected chi connectivity index (χ0v) is 14.8. The zero-order valence-electron chi connectivity index (χ0n) is 14.8. The van der Waals surface area contributed by atoms with Crippen LogP contribution in [0.4, 0.5) is 0 Å². The first-order valence-electron chi connectivity index (χ1n) is 8.45. The molecule has 0 aliphatic heterocycles. The molecule has 1 amide bonds. The van der Waals surface area contributed by atoms with Crippen molar-refractivity contribution in [2.45, 2.75) is 66.7 Å². The third-order valence-electron chi connectivity index (χ3n) is 4.51. The van der Waals surface area contributed by atoms with E-state index in [0.717, 1.165) is 19.3 Å². The van der Waals surface area contributed by atoms with Crippen LogP contribution in [-0.4, -0.2) is 28.5 Å². The quantitative estimate of drug-likeness (QED) is 0.348. The molecule has 3 N–H and O–H groups in total. The third-order valence-corrected chi connectivity index (χ3v) is 4.51. The van der Waals surface area contributed by atoms with Crippen molar-refractivity contribution in [2.75, 3.05) is 6.54 Å². The van der Waals surface area contributed by atoms with Crippen molar-refractivity contribution in [2.24, 2.45) is 29.5 Å². The summed E-state index contributed by atoms with van der Waals surface area (Å²) >= 11 is 0. The number of hydrogen-bond donors (Lipinski definition) is 2. The molecule has 0 aromatic carbocycles. The second-order valence-corrected chi connectivity index (χ2v) is 6.96. The second-order valence-electron chi connectivity index (χ2n) is 6.96. The van der Waals surface area contributed by atoms with Crippen LogP contribution in [0.1, 0.15) is 66.7 Å². The summed E-state index contributed by atoms with van der Waals surface area (Å²) in [5, 5.41) is 10.4. The van der Waals surface area contributed by atoms with Crippen LogP contribution in [0.25, 0.3) is 0 Å². The molecule has 0 aromatic heterocycles. The average Bonchev–Trinajstić information content (AvgIpc) is 2.42. The van der Waals surface area contributed by atoms with Gasteiger partial charge in [0.25, 0.3) is 0 Å². The second kappa shape index (κ2) is 10.6. The summed E-state index contributed by atoms with van der Waals surface area (Å²) < 4.78 is 0. The summed E-state index contributed by atoms with van der Waals surface area (Å²) in [6.45, 7) is 10.8. The van der Waals surface area contributed by atoms with E-state index >= 15 is 0 Å². The van der Waals surface area contributed by atoms with E-state index in [9.17, 15) is 9.59 Å². The van der Waals surface area contributed by atoms with Crippen LogP contribution in [0.15, 0.2) is 0 Å². The number of hydrogen-bond acceptors (Lipinski definition) is 3. The molecule has 0 rings (SSSR count). The van der Waals surface area contributed by atoms with Gasteiger partial charge < -0.3 is 5.11 Å². The highest BCUT2D eigenvalue weighted by atomic mass is 16.4. The predicted octanol–water partition coefficient (Wildman–Crippen LogP) is 3.29. The Morgan fingerprint density at radius 1 is 1.14 bits per heavy atom. The van der Waals surface area contributed by atoms with Crippen LogP contribution in [-0.2, 0) is 9.59 Å². The van der Waals surface area contributed by atoms with Crippen molar-refractivity contribution < 1.29 is 14.7 Å². The SMILES string of the molecule is CCCC(C)C(C)C(CC(=O)O)CN(N)C(=O)CCC(C)C. The summed E-state index contributed by atoms with van der Waals surface area (Å²) in [4.78, 5) is 23.2. The molecule has 0 saturated heterocycles. The minimum atomic E-state index is -0.830. The first-order chi connectivity index (χ1) is 10.2. The zero-order chi connectivity index (χ0) is 17.3. The van der Waals surface area contributed by atoms with E-state index in [1.165, 1.54) is 5.01 Å². The highest BCUT2D eigenvalue weighted by Gasteiger charge is 2.27. The smallest absolute Gasteiger partial charge is 0.303 e. The Bertz CT molecular complexity index is 345. The number of carbonyl (C=O) groups is 2. The monoisotopic (exact) mass is 314 g/mol. The molecule has 0 bridgehead atoms. The molecular weight excluding hydrogens is 280 g/mol. The van der Waals surface area contributed by atoms with E-state index in [0.29, 0.717) is 24.8 Å². The number of hydrazine groups is 1. The summed E-state index contributed by atoms with van der Waals surface area (Å²) in [5.74, 6) is 5.95. The summed E-state index contributed by atoms with van der Waals surface area (Å²) in [6.07, 6.45) is 3.42. The standard InChI is InChI=1S/C17H34N2O3/c1-6-7-13(4)14(5)15(10-17(21)22)11-19(18)16(20)9-8-12(2)3/h12-15H,6-11,18H2,1-5H3,(H,21,22). The van der Waals surface area contributed by atoms with Gasteiger partial charge in [-0.1, -0.05) is 47.5 Å². The van der Waals surface area contributed by atoms with Gasteiger partial charge in [0.05, 0.1) is 6.42 Å². The molecule has 0 aromatic rings. The maximum absolute atomic E-state index is 12.0. The van der Waals surface area contributed by atoms with Crippen molar-refractivity contribution in [1.82, 2.24) is 5.01 Å². The molecule has 0 fully saturated rings. The Balaban J connectivity index is 4.69. The lowest BCUT2D eigenvalue weighted by atomic mass is 9.80. The van der Waals surface area contributed by atoms with Gasteiger partial charge in [-0.3, -0.25) is 14.6 Å². The van der Waals surface area contributed by atoms with Gasteiger partial charge in [-0.2, -0.15) is 0 Å². The van der Waals surface area contributed by atoms with Crippen LogP contribution in [0.5, 0.6) is 0 Å². The largest absolute Gasteiger partial charge is 0.481 e. The lowest BCUT2D eigenvalue weighted by Crippen LogP contribution is -2.43. The lowest BCUT2D eigenvalue weighted by molar-refractivity contribution is -0.140. The molecule has 0 saturated carbocycles. The summed E-state index contributed by atoms with van der Waals surface area (Å²) in [6, 6.07) is 0.